The second-order valence-electron chi connectivity index (χ2n) is 4.36. The number of rotatable bonds is 3. The van der Waals surface area contributed by atoms with E-state index in [1.807, 2.05) is 13.0 Å². The maximum atomic E-state index is 11.7. The summed E-state index contributed by atoms with van der Waals surface area (Å²) < 4.78 is 0. The average Bonchev–Trinajstić information content (AvgIpc) is 2.70. The van der Waals surface area contributed by atoms with E-state index in [9.17, 15) is 4.79 Å². The fourth-order valence-electron chi connectivity index (χ4n) is 1.99. The van der Waals surface area contributed by atoms with E-state index in [0.717, 1.165) is 30.8 Å². The highest BCUT2D eigenvalue weighted by Crippen LogP contribution is 2.14. The number of carbonyl (C=O) groups excluding carboxylic acids is 1. The zero-order valence-corrected chi connectivity index (χ0v) is 9.49. The molecule has 1 aromatic rings. The van der Waals surface area contributed by atoms with E-state index in [2.05, 4.69) is 15.6 Å². The summed E-state index contributed by atoms with van der Waals surface area (Å²) >= 11 is 0. The predicted octanol–water partition coefficient (Wildman–Crippen LogP) is 1.33. The molecular formula is C12H17N3O. The number of pyridine rings is 1. The fraction of sp³-hybridized carbons (Fsp3) is 0.500. The first-order chi connectivity index (χ1) is 7.74. The molecule has 1 saturated heterocycles. The van der Waals surface area contributed by atoms with Crippen molar-refractivity contribution in [3.05, 3.63) is 24.0 Å². The number of nitrogens with one attached hydrogen (secondary N) is 2. The zero-order valence-electron chi connectivity index (χ0n) is 9.49. The summed E-state index contributed by atoms with van der Waals surface area (Å²) in [6.45, 7) is 3.95. The molecule has 4 heteroatoms. The van der Waals surface area contributed by atoms with Crippen LogP contribution in [0.25, 0.3) is 0 Å². The molecule has 0 radical (unpaired) electrons. The minimum absolute atomic E-state index is 0.0844. The third kappa shape index (κ3) is 3.03. The number of aryl methyl sites for hydroxylation is 1. The first-order valence-electron chi connectivity index (χ1n) is 5.66. The molecule has 1 atom stereocenters. The molecule has 1 unspecified atom stereocenters. The van der Waals surface area contributed by atoms with Crippen molar-refractivity contribution in [2.24, 2.45) is 5.92 Å². The third-order valence-corrected chi connectivity index (χ3v) is 2.80. The molecular weight excluding hydrogens is 202 g/mol. The monoisotopic (exact) mass is 219 g/mol. The van der Waals surface area contributed by atoms with Gasteiger partial charge in [0.15, 0.2) is 0 Å². The lowest BCUT2D eigenvalue weighted by Gasteiger charge is -2.09. The van der Waals surface area contributed by atoms with E-state index in [-0.39, 0.29) is 5.91 Å². The molecule has 0 saturated carbocycles. The van der Waals surface area contributed by atoms with Crippen LogP contribution in [0.4, 0.5) is 5.69 Å². The van der Waals surface area contributed by atoms with Crippen LogP contribution in [-0.4, -0.2) is 24.0 Å². The summed E-state index contributed by atoms with van der Waals surface area (Å²) in [6.07, 6.45) is 5.15. The van der Waals surface area contributed by atoms with E-state index in [0.29, 0.717) is 12.3 Å². The second-order valence-corrected chi connectivity index (χ2v) is 4.36. The Morgan fingerprint density at radius 2 is 2.50 bits per heavy atom. The average molecular weight is 219 g/mol. The summed E-state index contributed by atoms with van der Waals surface area (Å²) in [7, 11) is 0. The Bertz CT molecular complexity index is 372. The van der Waals surface area contributed by atoms with Crippen LogP contribution in [0.3, 0.4) is 0 Å². The van der Waals surface area contributed by atoms with Gasteiger partial charge in [-0.25, -0.2) is 0 Å². The second kappa shape index (κ2) is 5.07. The number of aromatic nitrogens is 1. The Morgan fingerprint density at radius 1 is 1.62 bits per heavy atom. The van der Waals surface area contributed by atoms with Gasteiger partial charge in [-0.15, -0.1) is 0 Å². The SMILES string of the molecule is Cc1cncc(NC(=O)CC2CCNC2)c1. The van der Waals surface area contributed by atoms with Crippen molar-refractivity contribution in [3.8, 4) is 0 Å². The first kappa shape index (κ1) is 11.1. The number of carbonyl (C=O) groups is 1. The highest BCUT2D eigenvalue weighted by molar-refractivity contribution is 5.90. The van der Waals surface area contributed by atoms with Gasteiger partial charge < -0.3 is 10.6 Å². The smallest absolute Gasteiger partial charge is 0.224 e. The quantitative estimate of drug-likeness (QED) is 0.806. The lowest BCUT2D eigenvalue weighted by molar-refractivity contribution is -0.116. The van der Waals surface area contributed by atoms with Gasteiger partial charge in [0.1, 0.15) is 0 Å². The van der Waals surface area contributed by atoms with Gasteiger partial charge in [0.2, 0.25) is 5.91 Å². The highest BCUT2D eigenvalue weighted by atomic mass is 16.1. The van der Waals surface area contributed by atoms with Gasteiger partial charge in [-0.05, 0) is 44.0 Å². The van der Waals surface area contributed by atoms with E-state index in [4.69, 9.17) is 0 Å². The lowest BCUT2D eigenvalue weighted by atomic mass is 10.0. The van der Waals surface area contributed by atoms with Crippen molar-refractivity contribution in [1.29, 1.82) is 0 Å². The molecule has 86 valence electrons. The molecule has 2 rings (SSSR count). The van der Waals surface area contributed by atoms with Crippen molar-refractivity contribution in [2.45, 2.75) is 19.8 Å². The Morgan fingerprint density at radius 3 is 3.19 bits per heavy atom. The summed E-state index contributed by atoms with van der Waals surface area (Å²) in [6, 6.07) is 1.93. The molecule has 2 N–H and O–H groups in total. The molecule has 1 aromatic heterocycles. The van der Waals surface area contributed by atoms with E-state index in [1.165, 1.54) is 0 Å². The van der Waals surface area contributed by atoms with Gasteiger partial charge in [-0.3, -0.25) is 9.78 Å². The van der Waals surface area contributed by atoms with E-state index in [1.54, 1.807) is 12.4 Å². The minimum Gasteiger partial charge on any atom is -0.325 e. The molecule has 1 amide bonds. The van der Waals surface area contributed by atoms with E-state index < -0.39 is 0 Å². The molecule has 1 aliphatic heterocycles. The standard InChI is InChI=1S/C12H17N3O/c1-9-4-11(8-14-6-9)15-12(16)5-10-2-3-13-7-10/h4,6,8,10,13H,2-3,5,7H2,1H3,(H,15,16). The molecule has 16 heavy (non-hydrogen) atoms. The van der Waals surface area contributed by atoms with Crippen molar-refractivity contribution in [2.75, 3.05) is 18.4 Å². The number of anilines is 1. The summed E-state index contributed by atoms with van der Waals surface area (Å²) in [4.78, 5) is 15.8. The summed E-state index contributed by atoms with van der Waals surface area (Å²) in [5.41, 5.74) is 1.84. The van der Waals surface area contributed by atoms with Crippen LogP contribution in [0.1, 0.15) is 18.4 Å². The van der Waals surface area contributed by atoms with Crippen LogP contribution in [0.15, 0.2) is 18.5 Å². The van der Waals surface area contributed by atoms with Crippen LogP contribution in [0.2, 0.25) is 0 Å². The molecule has 1 fully saturated rings. The maximum absolute atomic E-state index is 11.7. The van der Waals surface area contributed by atoms with Crippen LogP contribution < -0.4 is 10.6 Å². The number of amides is 1. The fourth-order valence-corrected chi connectivity index (χ4v) is 1.99. The van der Waals surface area contributed by atoms with Crippen molar-refractivity contribution in [1.82, 2.24) is 10.3 Å². The number of hydrogen-bond acceptors (Lipinski definition) is 3. The van der Waals surface area contributed by atoms with Gasteiger partial charge in [0.25, 0.3) is 0 Å². The third-order valence-electron chi connectivity index (χ3n) is 2.80. The van der Waals surface area contributed by atoms with Crippen molar-refractivity contribution >= 4 is 11.6 Å². The summed E-state index contributed by atoms with van der Waals surface area (Å²) in [5.74, 6) is 0.568. The molecule has 4 nitrogen and oxygen atoms in total. The number of nitrogens with zero attached hydrogens (tertiary/aromatic N) is 1. The van der Waals surface area contributed by atoms with Crippen LogP contribution in [-0.2, 0) is 4.79 Å². The molecule has 0 spiro atoms. The zero-order chi connectivity index (χ0) is 11.4. The normalized spacial score (nSPS) is 19.7. The highest BCUT2D eigenvalue weighted by Gasteiger charge is 2.17. The van der Waals surface area contributed by atoms with Gasteiger partial charge in [0.05, 0.1) is 11.9 Å². The largest absolute Gasteiger partial charge is 0.325 e. The molecule has 2 heterocycles. The summed E-state index contributed by atoms with van der Waals surface area (Å²) in [5, 5.41) is 6.14. The Labute approximate surface area is 95.5 Å². The van der Waals surface area contributed by atoms with Crippen LogP contribution >= 0.6 is 0 Å². The van der Waals surface area contributed by atoms with Crippen molar-refractivity contribution < 1.29 is 4.79 Å². The van der Waals surface area contributed by atoms with Crippen molar-refractivity contribution in [3.63, 3.8) is 0 Å². The van der Waals surface area contributed by atoms with Crippen LogP contribution in [0, 0.1) is 12.8 Å². The maximum Gasteiger partial charge on any atom is 0.224 e. The Hall–Kier alpha value is -1.42. The molecule has 0 aromatic carbocycles. The Kier molecular flexibility index (Phi) is 3.51. The molecule has 1 aliphatic rings. The van der Waals surface area contributed by atoms with Crippen LogP contribution in [0.5, 0.6) is 0 Å². The molecule has 0 aliphatic carbocycles. The lowest BCUT2D eigenvalue weighted by Crippen LogP contribution is -2.18. The van der Waals surface area contributed by atoms with Gasteiger partial charge >= 0.3 is 0 Å². The Balaban J connectivity index is 1.86. The van der Waals surface area contributed by atoms with Gasteiger partial charge in [-0.2, -0.15) is 0 Å². The minimum atomic E-state index is 0.0844. The van der Waals surface area contributed by atoms with Gasteiger partial charge in [-0.1, -0.05) is 0 Å². The topological polar surface area (TPSA) is 54.0 Å². The number of hydrogen-bond donors (Lipinski definition) is 2. The van der Waals surface area contributed by atoms with Gasteiger partial charge in [0, 0.05) is 12.6 Å². The molecule has 0 bridgehead atoms. The first-order valence-corrected chi connectivity index (χ1v) is 5.66. The predicted molar refractivity (Wildman–Crippen MR) is 63.2 cm³/mol. The van der Waals surface area contributed by atoms with E-state index >= 15 is 0 Å².